The Hall–Kier alpha value is -0.570. The summed E-state index contributed by atoms with van der Waals surface area (Å²) < 4.78 is 0. The molecular weight excluding hydrogens is 212 g/mol. The van der Waals surface area contributed by atoms with Crippen LogP contribution in [-0.4, -0.2) is 29.9 Å². The predicted molar refractivity (Wildman–Crippen MR) is 67.4 cm³/mol. The van der Waals surface area contributed by atoms with E-state index in [4.69, 9.17) is 5.73 Å². The Morgan fingerprint density at radius 1 is 1.24 bits per heavy atom. The first-order chi connectivity index (χ1) is 8.25. The van der Waals surface area contributed by atoms with Crippen LogP contribution in [0.3, 0.4) is 0 Å². The normalized spacial score (nSPS) is 35.2. The summed E-state index contributed by atoms with van der Waals surface area (Å²) in [7, 11) is 0. The number of fused-ring (bicyclic) bond motifs is 2. The summed E-state index contributed by atoms with van der Waals surface area (Å²) in [5, 5.41) is 0. The van der Waals surface area contributed by atoms with Crippen molar-refractivity contribution in [3.8, 4) is 0 Å². The summed E-state index contributed by atoms with van der Waals surface area (Å²) >= 11 is 0. The van der Waals surface area contributed by atoms with Crippen molar-refractivity contribution in [3.63, 3.8) is 0 Å². The summed E-state index contributed by atoms with van der Waals surface area (Å²) in [4.78, 5) is 15.0. The molecule has 2 aliphatic carbocycles. The van der Waals surface area contributed by atoms with Gasteiger partial charge in [0.25, 0.3) is 0 Å². The topological polar surface area (TPSA) is 46.3 Å². The smallest absolute Gasteiger partial charge is 0.230 e. The SMILES string of the molecule is NCC1(C(=O)N2CC3CCC2C3)CCCCC1. The molecule has 1 heterocycles. The van der Waals surface area contributed by atoms with Gasteiger partial charge in [-0.1, -0.05) is 19.3 Å². The van der Waals surface area contributed by atoms with Crippen LogP contribution in [0.1, 0.15) is 51.4 Å². The van der Waals surface area contributed by atoms with E-state index in [0.29, 0.717) is 18.5 Å². The molecule has 3 fully saturated rings. The first kappa shape index (κ1) is 11.5. The molecule has 2 unspecified atom stereocenters. The minimum atomic E-state index is -0.192. The van der Waals surface area contributed by atoms with E-state index in [0.717, 1.165) is 25.3 Å². The molecule has 1 saturated heterocycles. The highest BCUT2D eigenvalue weighted by atomic mass is 16.2. The van der Waals surface area contributed by atoms with Gasteiger partial charge in [-0.15, -0.1) is 0 Å². The Morgan fingerprint density at radius 2 is 2.00 bits per heavy atom. The highest BCUT2D eigenvalue weighted by molar-refractivity contribution is 5.84. The molecule has 0 aromatic rings. The van der Waals surface area contributed by atoms with E-state index in [1.165, 1.54) is 38.5 Å². The van der Waals surface area contributed by atoms with Gasteiger partial charge in [-0.2, -0.15) is 0 Å². The van der Waals surface area contributed by atoms with E-state index in [1.54, 1.807) is 0 Å². The summed E-state index contributed by atoms with van der Waals surface area (Å²) in [6.07, 6.45) is 9.52. The van der Waals surface area contributed by atoms with Gasteiger partial charge in [-0.3, -0.25) is 4.79 Å². The molecule has 0 aromatic carbocycles. The van der Waals surface area contributed by atoms with E-state index in [2.05, 4.69) is 4.90 Å². The fourth-order valence-corrected chi connectivity index (χ4v) is 4.21. The molecule has 2 bridgehead atoms. The largest absolute Gasteiger partial charge is 0.339 e. The van der Waals surface area contributed by atoms with Crippen LogP contribution in [-0.2, 0) is 4.79 Å². The first-order valence-electron chi connectivity index (χ1n) is 7.26. The molecular formula is C14H24N2O. The van der Waals surface area contributed by atoms with Crippen LogP contribution in [0, 0.1) is 11.3 Å². The Balaban J connectivity index is 1.75. The molecule has 0 radical (unpaired) electrons. The van der Waals surface area contributed by atoms with Gasteiger partial charge in [0.05, 0.1) is 5.41 Å². The Morgan fingerprint density at radius 3 is 2.53 bits per heavy atom. The van der Waals surface area contributed by atoms with Gasteiger partial charge in [0.15, 0.2) is 0 Å². The molecule has 2 atom stereocenters. The zero-order valence-corrected chi connectivity index (χ0v) is 10.7. The molecule has 3 aliphatic rings. The number of hydrogen-bond donors (Lipinski definition) is 1. The number of nitrogens with zero attached hydrogens (tertiary/aromatic N) is 1. The van der Waals surface area contributed by atoms with Gasteiger partial charge in [-0.05, 0) is 38.0 Å². The number of piperidine rings is 1. The van der Waals surface area contributed by atoms with Gasteiger partial charge in [0.1, 0.15) is 0 Å². The maximum absolute atomic E-state index is 12.8. The van der Waals surface area contributed by atoms with Gasteiger partial charge in [0, 0.05) is 19.1 Å². The fraction of sp³-hybridized carbons (Fsp3) is 0.929. The average Bonchev–Trinajstić information content (AvgIpc) is 3.01. The predicted octanol–water partition coefficient (Wildman–Crippen LogP) is 1.91. The lowest BCUT2D eigenvalue weighted by molar-refractivity contribution is -0.145. The monoisotopic (exact) mass is 236 g/mol. The second-order valence-corrected chi connectivity index (χ2v) is 6.34. The van der Waals surface area contributed by atoms with Crippen LogP contribution < -0.4 is 5.73 Å². The second-order valence-electron chi connectivity index (χ2n) is 6.34. The molecule has 2 saturated carbocycles. The third kappa shape index (κ3) is 1.79. The molecule has 17 heavy (non-hydrogen) atoms. The molecule has 0 aromatic heterocycles. The van der Waals surface area contributed by atoms with E-state index >= 15 is 0 Å². The van der Waals surface area contributed by atoms with Crippen molar-refractivity contribution in [1.29, 1.82) is 0 Å². The van der Waals surface area contributed by atoms with Crippen LogP contribution in [0.2, 0.25) is 0 Å². The van der Waals surface area contributed by atoms with Gasteiger partial charge < -0.3 is 10.6 Å². The average molecular weight is 236 g/mol. The summed E-state index contributed by atoms with van der Waals surface area (Å²) in [5.41, 5.74) is 5.77. The van der Waals surface area contributed by atoms with Crippen molar-refractivity contribution in [2.45, 2.75) is 57.4 Å². The highest BCUT2D eigenvalue weighted by Crippen LogP contribution is 2.43. The van der Waals surface area contributed by atoms with E-state index in [-0.39, 0.29) is 5.41 Å². The van der Waals surface area contributed by atoms with Crippen LogP contribution in [0.4, 0.5) is 0 Å². The lowest BCUT2D eigenvalue weighted by atomic mass is 9.73. The minimum absolute atomic E-state index is 0.192. The Labute approximate surface area is 104 Å². The van der Waals surface area contributed by atoms with Crippen LogP contribution in [0.5, 0.6) is 0 Å². The lowest BCUT2D eigenvalue weighted by Gasteiger charge is -2.40. The van der Waals surface area contributed by atoms with E-state index < -0.39 is 0 Å². The lowest BCUT2D eigenvalue weighted by Crippen LogP contribution is -2.51. The molecule has 3 heteroatoms. The maximum Gasteiger partial charge on any atom is 0.230 e. The van der Waals surface area contributed by atoms with Crippen molar-refractivity contribution in [2.75, 3.05) is 13.1 Å². The molecule has 3 nitrogen and oxygen atoms in total. The quantitative estimate of drug-likeness (QED) is 0.796. The number of rotatable bonds is 2. The number of carbonyl (C=O) groups is 1. The van der Waals surface area contributed by atoms with Crippen LogP contribution >= 0.6 is 0 Å². The molecule has 1 aliphatic heterocycles. The van der Waals surface area contributed by atoms with E-state index in [9.17, 15) is 4.79 Å². The number of nitrogens with two attached hydrogens (primary N) is 1. The van der Waals surface area contributed by atoms with Crippen molar-refractivity contribution >= 4 is 5.91 Å². The Bertz CT molecular complexity index is 309. The standard InChI is InChI=1S/C14H24N2O/c15-10-14(6-2-1-3-7-14)13(17)16-9-11-4-5-12(16)8-11/h11-12H,1-10,15H2. The van der Waals surface area contributed by atoms with E-state index in [1.807, 2.05) is 0 Å². The second kappa shape index (κ2) is 4.27. The summed E-state index contributed by atoms with van der Waals surface area (Å²) in [6, 6.07) is 0.554. The maximum atomic E-state index is 12.8. The number of carbonyl (C=O) groups excluding carboxylic acids is 1. The van der Waals surface area contributed by atoms with Gasteiger partial charge >= 0.3 is 0 Å². The minimum Gasteiger partial charge on any atom is -0.339 e. The molecule has 0 spiro atoms. The number of likely N-dealkylation sites (tertiary alicyclic amines) is 1. The fourth-order valence-electron chi connectivity index (χ4n) is 4.21. The zero-order valence-electron chi connectivity index (χ0n) is 10.7. The van der Waals surface area contributed by atoms with Crippen LogP contribution in [0.15, 0.2) is 0 Å². The number of amides is 1. The zero-order chi connectivity index (χ0) is 11.9. The Kier molecular flexibility index (Phi) is 2.89. The van der Waals surface area contributed by atoms with Crippen LogP contribution in [0.25, 0.3) is 0 Å². The first-order valence-corrected chi connectivity index (χ1v) is 7.26. The molecule has 2 N–H and O–H groups in total. The van der Waals surface area contributed by atoms with Gasteiger partial charge in [-0.25, -0.2) is 0 Å². The van der Waals surface area contributed by atoms with Crippen molar-refractivity contribution < 1.29 is 4.79 Å². The third-order valence-electron chi connectivity index (χ3n) is 5.33. The summed E-state index contributed by atoms with van der Waals surface area (Å²) in [6.45, 7) is 1.57. The number of hydrogen-bond acceptors (Lipinski definition) is 2. The van der Waals surface area contributed by atoms with Gasteiger partial charge in [0.2, 0.25) is 5.91 Å². The van der Waals surface area contributed by atoms with Crippen molar-refractivity contribution in [1.82, 2.24) is 4.90 Å². The molecule has 1 amide bonds. The van der Waals surface area contributed by atoms with Crippen molar-refractivity contribution in [3.05, 3.63) is 0 Å². The van der Waals surface area contributed by atoms with Crippen molar-refractivity contribution in [2.24, 2.45) is 17.1 Å². The third-order valence-corrected chi connectivity index (χ3v) is 5.33. The molecule has 96 valence electrons. The summed E-state index contributed by atoms with van der Waals surface area (Å²) in [5.74, 6) is 1.19. The molecule has 3 rings (SSSR count). The highest BCUT2D eigenvalue weighted by Gasteiger charge is 2.47.